The van der Waals surface area contributed by atoms with Gasteiger partial charge in [-0.05, 0) is 26.8 Å². The molecule has 0 spiro atoms. The Bertz CT molecular complexity index is 953. The van der Waals surface area contributed by atoms with Crippen molar-refractivity contribution in [1.82, 2.24) is 9.78 Å². The number of rotatable bonds is 7. The molecule has 2 aromatic rings. The number of carbonyl (C=O) groups excluding carboxylic acids is 2. The van der Waals surface area contributed by atoms with E-state index in [-0.39, 0.29) is 28.5 Å². The van der Waals surface area contributed by atoms with Gasteiger partial charge in [-0.1, -0.05) is 12.1 Å². The van der Waals surface area contributed by atoms with Crippen molar-refractivity contribution in [3.05, 3.63) is 55.9 Å². The van der Waals surface area contributed by atoms with Crippen molar-refractivity contribution in [2.75, 3.05) is 5.32 Å². The van der Waals surface area contributed by atoms with Crippen LogP contribution in [0.5, 0.6) is 0 Å². The first kappa shape index (κ1) is 20.5. The van der Waals surface area contributed by atoms with Gasteiger partial charge in [0.1, 0.15) is 23.6 Å². The van der Waals surface area contributed by atoms with E-state index >= 15 is 0 Å². The number of nitrogens with one attached hydrogen (secondary N) is 1. The molecule has 0 aliphatic heterocycles. The third-order valence-corrected chi connectivity index (χ3v) is 3.84. The fraction of sp³-hybridized carbons (Fsp3) is 0.312. The highest BCUT2D eigenvalue weighted by Crippen LogP contribution is 2.24. The molecular formula is C16H17N5O7. The SMILES string of the molecule is Cc1nn(CC(=O)O[C@@H](C)C(=O)Nc2ccccc2[N+](=O)[O-])c(C)c1[N+](=O)[O-]. The molecule has 12 heteroatoms. The van der Waals surface area contributed by atoms with Crippen molar-refractivity contribution in [3.63, 3.8) is 0 Å². The maximum Gasteiger partial charge on any atom is 0.328 e. The molecule has 1 aromatic carbocycles. The van der Waals surface area contributed by atoms with Gasteiger partial charge in [-0.15, -0.1) is 0 Å². The van der Waals surface area contributed by atoms with E-state index in [0.29, 0.717) is 0 Å². The fourth-order valence-corrected chi connectivity index (χ4v) is 2.49. The number of nitrogens with zero attached hydrogens (tertiary/aromatic N) is 4. The Morgan fingerprint density at radius 2 is 1.86 bits per heavy atom. The maximum atomic E-state index is 12.2. The van der Waals surface area contributed by atoms with Crippen molar-refractivity contribution in [3.8, 4) is 0 Å². The Morgan fingerprint density at radius 3 is 2.43 bits per heavy atom. The second-order valence-electron chi connectivity index (χ2n) is 5.83. The molecule has 0 fully saturated rings. The highest BCUT2D eigenvalue weighted by Gasteiger charge is 2.25. The first-order valence-corrected chi connectivity index (χ1v) is 8.04. The van der Waals surface area contributed by atoms with Crippen LogP contribution in [0.3, 0.4) is 0 Å². The summed E-state index contributed by atoms with van der Waals surface area (Å²) in [6.07, 6.45) is -1.25. The minimum Gasteiger partial charge on any atom is -0.451 e. The minimum atomic E-state index is -1.25. The molecule has 2 rings (SSSR count). The van der Waals surface area contributed by atoms with E-state index in [1.165, 1.54) is 45.0 Å². The normalized spacial score (nSPS) is 11.5. The lowest BCUT2D eigenvalue weighted by molar-refractivity contribution is -0.386. The lowest BCUT2D eigenvalue weighted by Crippen LogP contribution is -2.31. The van der Waals surface area contributed by atoms with E-state index in [2.05, 4.69) is 10.4 Å². The average Bonchev–Trinajstić information content (AvgIpc) is 2.88. The lowest BCUT2D eigenvalue weighted by Gasteiger charge is -2.14. The molecule has 1 heterocycles. The molecule has 0 aliphatic carbocycles. The highest BCUT2D eigenvalue weighted by molar-refractivity contribution is 5.96. The van der Waals surface area contributed by atoms with E-state index in [4.69, 9.17) is 4.74 Å². The van der Waals surface area contributed by atoms with E-state index < -0.39 is 34.4 Å². The van der Waals surface area contributed by atoms with Crippen LogP contribution in [0, 0.1) is 34.1 Å². The standard InChI is InChI=1S/C16H17N5O7/c1-9-15(21(26)27)10(2)19(18-9)8-14(22)28-11(3)16(23)17-12-6-4-5-7-13(12)20(24)25/h4-7,11H,8H2,1-3H3,(H,17,23)/t11-/m0/s1. The maximum absolute atomic E-state index is 12.2. The number of aryl methyl sites for hydroxylation is 1. The van der Waals surface area contributed by atoms with E-state index in [1.54, 1.807) is 0 Å². The number of aromatic nitrogens is 2. The number of amides is 1. The van der Waals surface area contributed by atoms with Crippen molar-refractivity contribution < 1.29 is 24.2 Å². The van der Waals surface area contributed by atoms with Crippen molar-refractivity contribution in [2.45, 2.75) is 33.4 Å². The first-order valence-electron chi connectivity index (χ1n) is 8.04. The van der Waals surface area contributed by atoms with Gasteiger partial charge in [0.15, 0.2) is 6.10 Å². The summed E-state index contributed by atoms with van der Waals surface area (Å²) in [5, 5.41) is 28.2. The van der Waals surface area contributed by atoms with Crippen LogP contribution in [-0.4, -0.2) is 37.6 Å². The van der Waals surface area contributed by atoms with Gasteiger partial charge in [0, 0.05) is 6.07 Å². The summed E-state index contributed by atoms with van der Waals surface area (Å²) < 4.78 is 6.12. The number of benzene rings is 1. The van der Waals surface area contributed by atoms with Crippen LogP contribution in [-0.2, 0) is 20.9 Å². The predicted octanol–water partition coefficient (Wildman–Crippen LogP) is 1.89. The van der Waals surface area contributed by atoms with E-state index in [0.717, 1.165) is 4.68 Å². The Morgan fingerprint density at radius 1 is 1.21 bits per heavy atom. The largest absolute Gasteiger partial charge is 0.451 e. The number of para-hydroxylation sites is 2. The van der Waals surface area contributed by atoms with E-state index in [9.17, 15) is 29.8 Å². The monoisotopic (exact) mass is 391 g/mol. The molecule has 1 atom stereocenters. The van der Waals surface area contributed by atoms with Crippen LogP contribution >= 0.6 is 0 Å². The van der Waals surface area contributed by atoms with Gasteiger partial charge in [-0.2, -0.15) is 5.10 Å². The van der Waals surface area contributed by atoms with Crippen LogP contribution in [0.25, 0.3) is 0 Å². The number of anilines is 1. The molecule has 12 nitrogen and oxygen atoms in total. The molecule has 0 radical (unpaired) electrons. The zero-order valence-corrected chi connectivity index (χ0v) is 15.2. The van der Waals surface area contributed by atoms with E-state index in [1.807, 2.05) is 0 Å². The number of carbonyl (C=O) groups is 2. The van der Waals surface area contributed by atoms with Crippen molar-refractivity contribution in [2.24, 2.45) is 0 Å². The molecule has 148 valence electrons. The molecule has 28 heavy (non-hydrogen) atoms. The third kappa shape index (κ3) is 4.47. The minimum absolute atomic E-state index is 0.0328. The van der Waals surface area contributed by atoms with Crippen molar-refractivity contribution in [1.29, 1.82) is 0 Å². The van der Waals surface area contributed by atoms with Gasteiger partial charge in [-0.25, -0.2) is 0 Å². The Kier molecular flexibility index (Phi) is 6.03. The second kappa shape index (κ2) is 8.24. The molecule has 0 saturated carbocycles. The number of hydrogen-bond donors (Lipinski definition) is 1. The molecule has 0 bridgehead atoms. The molecule has 0 saturated heterocycles. The zero-order chi connectivity index (χ0) is 21.0. The molecule has 1 N–H and O–H groups in total. The number of hydrogen-bond acceptors (Lipinski definition) is 8. The van der Waals surface area contributed by atoms with Gasteiger partial charge in [0.05, 0.1) is 9.85 Å². The molecule has 1 amide bonds. The summed E-state index contributed by atoms with van der Waals surface area (Å²) in [7, 11) is 0. The van der Waals surface area contributed by atoms with Crippen LogP contribution < -0.4 is 5.32 Å². The second-order valence-corrected chi connectivity index (χ2v) is 5.83. The Balaban J connectivity index is 2.03. The summed E-state index contributed by atoms with van der Waals surface area (Å²) in [5.74, 6) is -1.60. The zero-order valence-electron chi connectivity index (χ0n) is 15.2. The summed E-state index contributed by atoms with van der Waals surface area (Å²) in [4.78, 5) is 44.9. The quantitative estimate of drug-likeness (QED) is 0.425. The average molecular weight is 391 g/mol. The van der Waals surface area contributed by atoms with Crippen LogP contribution in [0.4, 0.5) is 17.1 Å². The summed E-state index contributed by atoms with van der Waals surface area (Å²) in [6, 6.07) is 5.53. The van der Waals surface area contributed by atoms with Crippen molar-refractivity contribution >= 4 is 28.9 Å². The number of ether oxygens (including phenoxy) is 1. The van der Waals surface area contributed by atoms with Gasteiger partial charge < -0.3 is 10.1 Å². The smallest absolute Gasteiger partial charge is 0.328 e. The Hall–Kier alpha value is -3.83. The number of esters is 1. The van der Waals surface area contributed by atoms with Crippen LogP contribution in [0.1, 0.15) is 18.3 Å². The van der Waals surface area contributed by atoms with Gasteiger partial charge in [0.25, 0.3) is 11.6 Å². The summed E-state index contributed by atoms with van der Waals surface area (Å²) in [5.41, 5.74) is -0.206. The fourth-order valence-electron chi connectivity index (χ4n) is 2.49. The predicted molar refractivity (Wildman–Crippen MR) is 95.6 cm³/mol. The van der Waals surface area contributed by atoms with Gasteiger partial charge in [-0.3, -0.25) is 34.5 Å². The number of nitro groups is 2. The number of nitro benzene ring substituents is 1. The molecule has 1 aromatic heterocycles. The van der Waals surface area contributed by atoms with Crippen LogP contribution in [0.2, 0.25) is 0 Å². The first-order chi connectivity index (χ1) is 13.1. The van der Waals surface area contributed by atoms with Gasteiger partial charge in [0.2, 0.25) is 0 Å². The molecular weight excluding hydrogens is 374 g/mol. The lowest BCUT2D eigenvalue weighted by atomic mass is 10.2. The van der Waals surface area contributed by atoms with Crippen LogP contribution in [0.15, 0.2) is 24.3 Å². The molecule has 0 unspecified atom stereocenters. The molecule has 0 aliphatic rings. The third-order valence-electron chi connectivity index (χ3n) is 3.84. The summed E-state index contributed by atoms with van der Waals surface area (Å²) in [6.45, 7) is 3.75. The highest BCUT2D eigenvalue weighted by atomic mass is 16.6. The Labute approximate surface area is 158 Å². The van der Waals surface area contributed by atoms with Gasteiger partial charge >= 0.3 is 11.7 Å². The topological polar surface area (TPSA) is 160 Å². The summed E-state index contributed by atoms with van der Waals surface area (Å²) >= 11 is 0.